The summed E-state index contributed by atoms with van der Waals surface area (Å²) in [5.74, 6) is -1.93. The zero-order chi connectivity index (χ0) is 15.7. The Morgan fingerprint density at radius 3 is 2.48 bits per heavy atom. The number of amides is 1. The first-order valence-electron chi connectivity index (χ1n) is 6.22. The Balaban J connectivity index is 2.33. The second-order valence-corrected chi connectivity index (χ2v) is 5.94. The van der Waals surface area contributed by atoms with Crippen LogP contribution in [-0.4, -0.2) is 17.0 Å². The fraction of sp³-hybridized carbons (Fsp3) is 0.200. The lowest BCUT2D eigenvalue weighted by atomic mass is 10.1. The summed E-state index contributed by atoms with van der Waals surface area (Å²) in [7, 11) is 0. The fourth-order valence-corrected chi connectivity index (χ4v) is 2.98. The van der Waals surface area contributed by atoms with Gasteiger partial charge < -0.3 is 10.4 Å². The smallest absolute Gasteiger partial charge is 0.338 e. The number of aromatic carboxylic acids is 1. The van der Waals surface area contributed by atoms with Gasteiger partial charge in [-0.05, 0) is 50.1 Å². The first-order chi connectivity index (χ1) is 9.81. The molecule has 0 spiro atoms. The standard InChI is InChI=1S/C15H14FNO3S/c1-7-6-10(4-5-11(7)16)13(18)17-14-12(15(19)20)8(2)9(3)21-14/h4-6H,1-3H3,(H,17,18)(H,19,20). The van der Waals surface area contributed by atoms with E-state index in [1.807, 2.05) is 0 Å². The van der Waals surface area contributed by atoms with E-state index >= 15 is 0 Å². The molecule has 21 heavy (non-hydrogen) atoms. The number of hydrogen-bond donors (Lipinski definition) is 2. The van der Waals surface area contributed by atoms with E-state index in [1.165, 1.54) is 29.5 Å². The van der Waals surface area contributed by atoms with Gasteiger partial charge in [0.2, 0.25) is 0 Å². The van der Waals surface area contributed by atoms with Crippen LogP contribution < -0.4 is 5.32 Å². The molecule has 1 aromatic carbocycles. The third-order valence-corrected chi connectivity index (χ3v) is 4.37. The molecule has 0 bridgehead atoms. The molecule has 0 atom stereocenters. The Labute approximate surface area is 125 Å². The van der Waals surface area contributed by atoms with Gasteiger partial charge in [-0.15, -0.1) is 11.3 Å². The van der Waals surface area contributed by atoms with Crippen molar-refractivity contribution in [1.29, 1.82) is 0 Å². The maximum absolute atomic E-state index is 13.2. The average Bonchev–Trinajstić information content (AvgIpc) is 2.68. The monoisotopic (exact) mass is 307 g/mol. The Morgan fingerprint density at radius 1 is 1.24 bits per heavy atom. The van der Waals surface area contributed by atoms with Crippen molar-refractivity contribution in [3.05, 3.63) is 51.1 Å². The third kappa shape index (κ3) is 2.95. The number of halogens is 1. The second-order valence-electron chi connectivity index (χ2n) is 4.71. The molecule has 0 radical (unpaired) electrons. The number of carbonyl (C=O) groups excluding carboxylic acids is 1. The van der Waals surface area contributed by atoms with Gasteiger partial charge in [-0.1, -0.05) is 0 Å². The van der Waals surface area contributed by atoms with Crippen LogP contribution in [0.25, 0.3) is 0 Å². The van der Waals surface area contributed by atoms with Crippen LogP contribution in [-0.2, 0) is 0 Å². The third-order valence-electron chi connectivity index (χ3n) is 3.25. The molecule has 110 valence electrons. The van der Waals surface area contributed by atoms with Gasteiger partial charge in [0.25, 0.3) is 5.91 Å². The van der Waals surface area contributed by atoms with Gasteiger partial charge in [-0.25, -0.2) is 9.18 Å². The highest BCUT2D eigenvalue weighted by atomic mass is 32.1. The topological polar surface area (TPSA) is 66.4 Å². The molecule has 0 saturated heterocycles. The molecule has 6 heteroatoms. The van der Waals surface area contributed by atoms with E-state index in [4.69, 9.17) is 0 Å². The van der Waals surface area contributed by atoms with Crippen molar-refractivity contribution in [3.63, 3.8) is 0 Å². The minimum atomic E-state index is -1.08. The molecule has 2 aromatic rings. The van der Waals surface area contributed by atoms with Crippen LogP contribution in [0.2, 0.25) is 0 Å². The molecule has 0 aliphatic carbocycles. The molecule has 2 rings (SSSR count). The van der Waals surface area contributed by atoms with Crippen LogP contribution in [0.15, 0.2) is 18.2 Å². The number of nitrogens with one attached hydrogen (secondary N) is 1. The minimum Gasteiger partial charge on any atom is -0.478 e. The van der Waals surface area contributed by atoms with Gasteiger partial charge in [0, 0.05) is 10.4 Å². The van der Waals surface area contributed by atoms with Crippen molar-refractivity contribution in [2.45, 2.75) is 20.8 Å². The predicted molar refractivity (Wildman–Crippen MR) is 79.8 cm³/mol. The van der Waals surface area contributed by atoms with Crippen LogP contribution in [0.3, 0.4) is 0 Å². The van der Waals surface area contributed by atoms with Crippen LogP contribution in [0, 0.1) is 26.6 Å². The maximum Gasteiger partial charge on any atom is 0.338 e. The molecule has 0 saturated carbocycles. The van der Waals surface area contributed by atoms with Crippen molar-refractivity contribution < 1.29 is 19.1 Å². The van der Waals surface area contributed by atoms with Gasteiger partial charge in [0.15, 0.2) is 0 Å². The first-order valence-corrected chi connectivity index (χ1v) is 7.03. The number of benzene rings is 1. The van der Waals surface area contributed by atoms with Crippen molar-refractivity contribution in [3.8, 4) is 0 Å². The highest BCUT2D eigenvalue weighted by Gasteiger charge is 2.20. The van der Waals surface area contributed by atoms with Gasteiger partial charge in [-0.3, -0.25) is 4.79 Å². The summed E-state index contributed by atoms with van der Waals surface area (Å²) >= 11 is 1.21. The molecular formula is C15H14FNO3S. The molecule has 1 heterocycles. The zero-order valence-corrected chi connectivity index (χ0v) is 12.6. The SMILES string of the molecule is Cc1cc(C(=O)Nc2sc(C)c(C)c2C(=O)O)ccc1F. The molecule has 0 fully saturated rings. The Hall–Kier alpha value is -2.21. The zero-order valence-electron chi connectivity index (χ0n) is 11.8. The Morgan fingerprint density at radius 2 is 1.90 bits per heavy atom. The maximum atomic E-state index is 13.2. The summed E-state index contributed by atoms with van der Waals surface area (Å²) in [5, 5.41) is 12.1. The van der Waals surface area contributed by atoms with Crippen LogP contribution >= 0.6 is 11.3 Å². The van der Waals surface area contributed by atoms with Crippen molar-refractivity contribution in [2.24, 2.45) is 0 Å². The van der Waals surface area contributed by atoms with Gasteiger partial charge in [-0.2, -0.15) is 0 Å². The van der Waals surface area contributed by atoms with E-state index in [9.17, 15) is 19.1 Å². The first kappa shape index (κ1) is 15.2. The number of carbonyl (C=O) groups is 2. The highest BCUT2D eigenvalue weighted by Crippen LogP contribution is 2.32. The predicted octanol–water partition coefficient (Wildman–Crippen LogP) is 3.76. The van der Waals surface area contributed by atoms with Crippen molar-refractivity contribution in [2.75, 3.05) is 5.32 Å². The number of aryl methyl sites for hydroxylation is 2. The number of carboxylic acid groups (broad SMARTS) is 1. The number of anilines is 1. The molecule has 2 N–H and O–H groups in total. The fourth-order valence-electron chi connectivity index (χ4n) is 1.93. The van der Waals surface area contributed by atoms with E-state index in [-0.39, 0.29) is 16.9 Å². The molecule has 4 nitrogen and oxygen atoms in total. The van der Waals surface area contributed by atoms with E-state index in [2.05, 4.69) is 5.32 Å². The molecule has 0 unspecified atom stereocenters. The van der Waals surface area contributed by atoms with Gasteiger partial charge in [0.05, 0.1) is 5.56 Å². The second kappa shape index (κ2) is 5.65. The molecule has 0 aliphatic rings. The summed E-state index contributed by atoms with van der Waals surface area (Å²) in [6.07, 6.45) is 0. The molecule has 0 aliphatic heterocycles. The lowest BCUT2D eigenvalue weighted by Gasteiger charge is -2.06. The lowest BCUT2D eigenvalue weighted by molar-refractivity contribution is 0.0697. The summed E-state index contributed by atoms with van der Waals surface area (Å²) < 4.78 is 13.2. The minimum absolute atomic E-state index is 0.102. The number of carboxylic acids is 1. The Bertz CT molecular complexity index is 737. The van der Waals surface area contributed by atoms with E-state index in [1.54, 1.807) is 20.8 Å². The van der Waals surface area contributed by atoms with Crippen molar-refractivity contribution in [1.82, 2.24) is 0 Å². The summed E-state index contributed by atoms with van der Waals surface area (Å²) in [4.78, 5) is 24.3. The molecule has 1 aromatic heterocycles. The van der Waals surface area contributed by atoms with Crippen LogP contribution in [0.5, 0.6) is 0 Å². The highest BCUT2D eigenvalue weighted by molar-refractivity contribution is 7.16. The van der Waals surface area contributed by atoms with Crippen LogP contribution in [0.1, 0.15) is 36.7 Å². The summed E-state index contributed by atoms with van der Waals surface area (Å²) in [6.45, 7) is 5.06. The summed E-state index contributed by atoms with van der Waals surface area (Å²) in [5.41, 5.74) is 1.39. The van der Waals surface area contributed by atoms with Gasteiger partial charge in [0.1, 0.15) is 10.8 Å². The van der Waals surface area contributed by atoms with E-state index in [0.29, 0.717) is 16.1 Å². The van der Waals surface area contributed by atoms with Crippen molar-refractivity contribution >= 4 is 28.2 Å². The average molecular weight is 307 g/mol. The number of thiophene rings is 1. The number of hydrogen-bond acceptors (Lipinski definition) is 3. The van der Waals surface area contributed by atoms with E-state index < -0.39 is 11.9 Å². The normalized spacial score (nSPS) is 10.5. The molecular weight excluding hydrogens is 293 g/mol. The summed E-state index contributed by atoms with van der Waals surface area (Å²) in [6, 6.07) is 4.01. The lowest BCUT2D eigenvalue weighted by Crippen LogP contribution is -2.14. The van der Waals surface area contributed by atoms with Gasteiger partial charge >= 0.3 is 5.97 Å². The quantitative estimate of drug-likeness (QED) is 0.907. The Kier molecular flexibility index (Phi) is 4.09. The van der Waals surface area contributed by atoms with Crippen LogP contribution in [0.4, 0.5) is 9.39 Å². The number of rotatable bonds is 3. The largest absolute Gasteiger partial charge is 0.478 e. The van der Waals surface area contributed by atoms with E-state index in [0.717, 1.165) is 4.88 Å². The molecule has 1 amide bonds.